The van der Waals surface area contributed by atoms with Crippen LogP contribution >= 0.6 is 0 Å². The second-order valence-corrected chi connectivity index (χ2v) is 7.08. The number of benzene rings is 1. The summed E-state index contributed by atoms with van der Waals surface area (Å²) < 4.78 is 14.7. The van der Waals surface area contributed by atoms with Gasteiger partial charge in [0, 0.05) is 17.1 Å². The average molecular weight is 358 g/mol. The molecular weight excluding hydrogens is 335 g/mol. The van der Waals surface area contributed by atoms with Crippen molar-refractivity contribution in [2.24, 2.45) is 0 Å². The van der Waals surface area contributed by atoms with Crippen LogP contribution in [0.1, 0.15) is 17.3 Å². The number of pyridine rings is 1. The lowest BCUT2D eigenvalue weighted by Crippen LogP contribution is -2.65. The number of likely N-dealkylation sites (tertiary alicyclic amines) is 1. The van der Waals surface area contributed by atoms with Crippen molar-refractivity contribution in [1.82, 2.24) is 20.1 Å². The Bertz CT molecular complexity index is 833. The van der Waals surface area contributed by atoms with Crippen LogP contribution in [-0.2, 0) is 4.79 Å². The van der Waals surface area contributed by atoms with E-state index < -0.39 is 5.67 Å². The molecule has 1 saturated heterocycles. The van der Waals surface area contributed by atoms with Crippen LogP contribution in [-0.4, -0.2) is 72.0 Å². The van der Waals surface area contributed by atoms with Gasteiger partial charge in [-0.1, -0.05) is 12.1 Å². The number of fused-ring (bicyclic) bond motifs is 1. The predicted molar refractivity (Wildman–Crippen MR) is 97.6 cm³/mol. The van der Waals surface area contributed by atoms with E-state index in [0.717, 1.165) is 10.9 Å². The number of nitrogens with one attached hydrogen (secondary N) is 1. The van der Waals surface area contributed by atoms with Gasteiger partial charge in [-0.25, -0.2) is 4.39 Å². The van der Waals surface area contributed by atoms with Gasteiger partial charge in [-0.05, 0) is 39.2 Å². The third kappa shape index (κ3) is 3.67. The molecule has 1 aromatic carbocycles. The normalized spacial score (nSPS) is 17.0. The third-order valence-electron chi connectivity index (χ3n) is 4.82. The highest BCUT2D eigenvalue weighted by atomic mass is 19.1. The molecule has 0 bridgehead atoms. The van der Waals surface area contributed by atoms with Crippen LogP contribution in [0.15, 0.2) is 36.5 Å². The highest BCUT2D eigenvalue weighted by Gasteiger charge is 2.46. The first-order valence-corrected chi connectivity index (χ1v) is 8.56. The summed E-state index contributed by atoms with van der Waals surface area (Å²) in [6, 6.07) is 8.70. The minimum atomic E-state index is -1.58. The molecule has 0 spiro atoms. The van der Waals surface area contributed by atoms with E-state index in [1.54, 1.807) is 44.2 Å². The van der Waals surface area contributed by atoms with Crippen LogP contribution < -0.4 is 5.32 Å². The summed E-state index contributed by atoms with van der Waals surface area (Å²) in [6.07, 6.45) is 1.67. The van der Waals surface area contributed by atoms with Gasteiger partial charge in [0.25, 0.3) is 5.91 Å². The Hall–Kier alpha value is -2.54. The van der Waals surface area contributed by atoms with Crippen molar-refractivity contribution in [2.45, 2.75) is 18.6 Å². The molecule has 1 atom stereocenters. The molecule has 1 aliphatic rings. The SMILES string of the molecule is C[C@@H](C(=O)NCC1(F)CN(C(=O)c2ccc3cccnc3c2)C1)N(C)C. The molecule has 1 aromatic heterocycles. The Morgan fingerprint density at radius 2 is 2.08 bits per heavy atom. The van der Waals surface area contributed by atoms with Gasteiger partial charge < -0.3 is 10.2 Å². The molecule has 3 rings (SSSR count). The minimum Gasteiger partial charge on any atom is -0.351 e. The van der Waals surface area contributed by atoms with E-state index in [1.165, 1.54) is 4.90 Å². The molecule has 2 amide bonds. The summed E-state index contributed by atoms with van der Waals surface area (Å²) in [7, 11) is 3.58. The lowest BCUT2D eigenvalue weighted by molar-refractivity contribution is -0.126. The second kappa shape index (κ2) is 6.99. The first kappa shape index (κ1) is 18.3. The Balaban J connectivity index is 1.57. The minimum absolute atomic E-state index is 0.0251. The Labute approximate surface area is 152 Å². The number of hydrogen-bond donors (Lipinski definition) is 1. The quantitative estimate of drug-likeness (QED) is 0.879. The smallest absolute Gasteiger partial charge is 0.254 e. The molecule has 0 saturated carbocycles. The van der Waals surface area contributed by atoms with Crippen molar-refractivity contribution >= 4 is 22.7 Å². The van der Waals surface area contributed by atoms with Gasteiger partial charge in [-0.3, -0.25) is 19.5 Å². The molecule has 2 heterocycles. The fraction of sp³-hybridized carbons (Fsp3) is 0.421. The highest BCUT2D eigenvalue weighted by molar-refractivity contribution is 5.98. The van der Waals surface area contributed by atoms with Crippen LogP contribution in [0.4, 0.5) is 4.39 Å². The summed E-state index contributed by atoms with van der Waals surface area (Å²) in [5, 5.41) is 3.58. The van der Waals surface area contributed by atoms with Crippen molar-refractivity contribution in [3.8, 4) is 0 Å². The highest BCUT2D eigenvalue weighted by Crippen LogP contribution is 2.27. The Morgan fingerprint density at radius 1 is 1.35 bits per heavy atom. The third-order valence-corrected chi connectivity index (χ3v) is 4.82. The molecule has 0 unspecified atom stereocenters. The number of likely N-dealkylation sites (N-methyl/N-ethyl adjacent to an activating group) is 1. The lowest BCUT2D eigenvalue weighted by Gasteiger charge is -2.44. The zero-order chi connectivity index (χ0) is 18.9. The zero-order valence-corrected chi connectivity index (χ0v) is 15.2. The fourth-order valence-corrected chi connectivity index (χ4v) is 2.90. The number of hydrogen-bond acceptors (Lipinski definition) is 4. The van der Waals surface area contributed by atoms with Gasteiger partial charge in [0.2, 0.25) is 5.91 Å². The average Bonchev–Trinajstić information content (AvgIpc) is 2.62. The van der Waals surface area contributed by atoms with E-state index >= 15 is 0 Å². The van der Waals surface area contributed by atoms with Crippen LogP contribution in [0.3, 0.4) is 0 Å². The van der Waals surface area contributed by atoms with Crippen LogP contribution in [0.25, 0.3) is 10.9 Å². The summed E-state index contributed by atoms with van der Waals surface area (Å²) in [5.74, 6) is -0.448. The number of alkyl halides is 1. The maximum absolute atomic E-state index is 14.7. The zero-order valence-electron chi connectivity index (χ0n) is 15.2. The molecule has 26 heavy (non-hydrogen) atoms. The molecule has 6 nitrogen and oxygen atoms in total. The predicted octanol–water partition coefficient (Wildman–Crippen LogP) is 1.47. The van der Waals surface area contributed by atoms with Crippen molar-refractivity contribution in [3.63, 3.8) is 0 Å². The molecule has 7 heteroatoms. The number of halogens is 1. The number of nitrogens with zero attached hydrogens (tertiary/aromatic N) is 3. The van der Waals surface area contributed by atoms with Gasteiger partial charge in [0.1, 0.15) is 0 Å². The van der Waals surface area contributed by atoms with E-state index in [0.29, 0.717) is 5.56 Å². The first-order chi connectivity index (χ1) is 12.3. The summed E-state index contributed by atoms with van der Waals surface area (Å²) in [5.41, 5.74) is -0.356. The van der Waals surface area contributed by atoms with Crippen molar-refractivity contribution in [3.05, 3.63) is 42.1 Å². The molecule has 1 N–H and O–H groups in total. The van der Waals surface area contributed by atoms with E-state index in [9.17, 15) is 14.0 Å². The van der Waals surface area contributed by atoms with Gasteiger partial charge in [-0.15, -0.1) is 0 Å². The number of amides is 2. The van der Waals surface area contributed by atoms with Crippen molar-refractivity contribution < 1.29 is 14.0 Å². The van der Waals surface area contributed by atoms with Crippen LogP contribution in [0.5, 0.6) is 0 Å². The number of rotatable bonds is 5. The molecule has 0 aliphatic carbocycles. The maximum Gasteiger partial charge on any atom is 0.254 e. The molecule has 2 aromatic rings. The Morgan fingerprint density at radius 3 is 2.77 bits per heavy atom. The molecule has 0 radical (unpaired) electrons. The molecule has 1 aliphatic heterocycles. The maximum atomic E-state index is 14.7. The number of carbonyl (C=O) groups excluding carboxylic acids is 2. The standard InChI is InChI=1S/C19H23FN4O2/c1-13(23(2)3)17(25)22-10-19(20)11-24(12-19)18(26)15-7-6-14-5-4-8-21-16(14)9-15/h4-9,13H,10-12H2,1-3H3,(H,22,25)/t13-/m0/s1. The number of aromatic nitrogens is 1. The van der Waals surface area contributed by atoms with Gasteiger partial charge in [-0.2, -0.15) is 0 Å². The van der Waals surface area contributed by atoms with Crippen LogP contribution in [0, 0.1) is 0 Å². The molecule has 1 fully saturated rings. The number of carbonyl (C=O) groups is 2. The van der Waals surface area contributed by atoms with Gasteiger partial charge in [0.15, 0.2) is 5.67 Å². The van der Waals surface area contributed by atoms with E-state index in [4.69, 9.17) is 0 Å². The second-order valence-electron chi connectivity index (χ2n) is 7.08. The van der Waals surface area contributed by atoms with E-state index in [-0.39, 0.29) is 37.5 Å². The van der Waals surface area contributed by atoms with E-state index in [1.807, 2.05) is 18.2 Å². The van der Waals surface area contributed by atoms with Crippen LogP contribution in [0.2, 0.25) is 0 Å². The van der Waals surface area contributed by atoms with E-state index in [2.05, 4.69) is 10.3 Å². The fourth-order valence-electron chi connectivity index (χ4n) is 2.90. The van der Waals surface area contributed by atoms with Crippen molar-refractivity contribution in [1.29, 1.82) is 0 Å². The monoisotopic (exact) mass is 358 g/mol. The van der Waals surface area contributed by atoms with Gasteiger partial charge >= 0.3 is 0 Å². The summed E-state index contributed by atoms with van der Waals surface area (Å²) >= 11 is 0. The first-order valence-electron chi connectivity index (χ1n) is 8.56. The lowest BCUT2D eigenvalue weighted by atomic mass is 9.94. The Kier molecular flexibility index (Phi) is 4.91. The summed E-state index contributed by atoms with van der Waals surface area (Å²) in [4.78, 5) is 31.9. The van der Waals surface area contributed by atoms with Gasteiger partial charge in [0.05, 0.1) is 31.2 Å². The van der Waals surface area contributed by atoms with Crippen molar-refractivity contribution in [2.75, 3.05) is 33.7 Å². The molecule has 138 valence electrons. The summed E-state index contributed by atoms with van der Waals surface area (Å²) in [6.45, 7) is 1.61. The molecular formula is C19H23FN4O2. The topological polar surface area (TPSA) is 65.5 Å². The largest absolute Gasteiger partial charge is 0.351 e.